The van der Waals surface area contributed by atoms with Gasteiger partial charge in [-0.15, -0.1) is 0 Å². The molecule has 0 saturated heterocycles. The van der Waals surface area contributed by atoms with Gasteiger partial charge in [0.1, 0.15) is 6.10 Å². The molecular weight excluding hydrogens is 562 g/mol. The third-order valence-corrected chi connectivity index (χ3v) is 9.36. The fraction of sp³-hybridized carbons (Fsp3) is 0.884. The molecule has 0 saturated carbocycles. The summed E-state index contributed by atoms with van der Waals surface area (Å²) in [6.07, 6.45) is 50.7. The Morgan fingerprint density at radius 1 is 0.478 bits per heavy atom. The monoisotopic (exact) mass is 646 g/mol. The molecular formula is C43H83NO2. The zero-order chi connectivity index (χ0) is 33.6. The van der Waals surface area contributed by atoms with E-state index in [2.05, 4.69) is 57.1 Å². The van der Waals surface area contributed by atoms with Gasteiger partial charge in [0.05, 0.1) is 0 Å². The highest BCUT2D eigenvalue weighted by Gasteiger charge is 2.14. The Morgan fingerprint density at radius 3 is 1.15 bits per heavy atom. The molecule has 0 radical (unpaired) electrons. The van der Waals surface area contributed by atoms with Gasteiger partial charge in [-0.25, -0.2) is 0 Å². The van der Waals surface area contributed by atoms with Gasteiger partial charge in [0, 0.05) is 6.42 Å². The van der Waals surface area contributed by atoms with Crippen LogP contribution < -0.4 is 0 Å². The van der Waals surface area contributed by atoms with Gasteiger partial charge < -0.3 is 9.64 Å². The smallest absolute Gasteiger partial charge is 0.306 e. The Labute approximate surface area is 290 Å². The second-order valence-electron chi connectivity index (χ2n) is 14.5. The molecule has 0 rings (SSSR count). The molecule has 3 nitrogen and oxygen atoms in total. The number of unbranched alkanes of at least 4 members (excludes halogenated alkanes) is 24. The van der Waals surface area contributed by atoms with Crippen molar-refractivity contribution >= 4 is 5.97 Å². The molecule has 0 bridgehead atoms. The Morgan fingerprint density at radius 2 is 0.804 bits per heavy atom. The van der Waals surface area contributed by atoms with Crippen molar-refractivity contribution in [2.24, 2.45) is 0 Å². The summed E-state index contributed by atoms with van der Waals surface area (Å²) in [4.78, 5) is 14.7. The van der Waals surface area contributed by atoms with E-state index in [1.807, 2.05) is 0 Å². The Bertz CT molecular complexity index is 613. The number of carbonyl (C=O) groups is 1. The molecule has 0 amide bonds. The number of nitrogens with zero attached hydrogens (tertiary/aromatic N) is 1. The Hall–Kier alpha value is -1.09. The van der Waals surface area contributed by atoms with Crippen LogP contribution in [0.25, 0.3) is 0 Å². The second-order valence-corrected chi connectivity index (χ2v) is 14.5. The largest absolute Gasteiger partial charge is 0.462 e. The van der Waals surface area contributed by atoms with Crippen LogP contribution in [0.5, 0.6) is 0 Å². The van der Waals surface area contributed by atoms with Crippen molar-refractivity contribution in [1.82, 2.24) is 4.90 Å². The average molecular weight is 646 g/mol. The molecule has 0 fully saturated rings. The van der Waals surface area contributed by atoms with Crippen LogP contribution in [-0.2, 0) is 9.53 Å². The van der Waals surface area contributed by atoms with Crippen LogP contribution in [0.15, 0.2) is 24.3 Å². The van der Waals surface area contributed by atoms with Crippen molar-refractivity contribution in [3.63, 3.8) is 0 Å². The SMILES string of the molecule is CCCCCCCCC=CCCCCCCCCC(CCCCCCCCC=CCCCCCCCC)OC(=O)CCCN(C)C. The van der Waals surface area contributed by atoms with Crippen LogP contribution in [0.3, 0.4) is 0 Å². The minimum atomic E-state index is 0.0148. The highest BCUT2D eigenvalue weighted by Crippen LogP contribution is 2.18. The maximum absolute atomic E-state index is 12.5. The van der Waals surface area contributed by atoms with Crippen LogP contribution >= 0.6 is 0 Å². The summed E-state index contributed by atoms with van der Waals surface area (Å²) in [5.74, 6) is 0.0148. The summed E-state index contributed by atoms with van der Waals surface area (Å²) in [5, 5.41) is 0. The first-order valence-electron chi connectivity index (χ1n) is 20.7. The molecule has 0 aromatic heterocycles. The molecule has 0 N–H and O–H groups in total. The number of allylic oxidation sites excluding steroid dienone is 4. The third kappa shape index (κ3) is 37.4. The van der Waals surface area contributed by atoms with Crippen molar-refractivity contribution in [3.8, 4) is 0 Å². The van der Waals surface area contributed by atoms with Gasteiger partial charge in [-0.2, -0.15) is 0 Å². The van der Waals surface area contributed by atoms with E-state index in [1.54, 1.807) is 0 Å². The molecule has 46 heavy (non-hydrogen) atoms. The second kappa shape index (κ2) is 38.4. The standard InChI is InChI=1S/C43H83NO2/c1-5-7-9-11-13-15-17-19-21-23-25-27-29-31-33-35-38-42(46-43(45)40-37-41-44(3)4)39-36-34-32-30-28-26-24-22-20-18-16-14-12-10-8-6-2/h19-22,42H,5-18,23-41H2,1-4H3. The number of rotatable bonds is 37. The van der Waals surface area contributed by atoms with Crippen LogP contribution in [0.2, 0.25) is 0 Å². The van der Waals surface area contributed by atoms with Crippen molar-refractivity contribution in [3.05, 3.63) is 24.3 Å². The zero-order valence-corrected chi connectivity index (χ0v) is 32.0. The highest BCUT2D eigenvalue weighted by molar-refractivity contribution is 5.69. The summed E-state index contributed by atoms with van der Waals surface area (Å²) >= 11 is 0. The first-order valence-corrected chi connectivity index (χ1v) is 20.7. The molecule has 0 aliphatic heterocycles. The van der Waals surface area contributed by atoms with Crippen LogP contribution in [0.4, 0.5) is 0 Å². The molecule has 0 spiro atoms. The average Bonchev–Trinajstić information content (AvgIpc) is 3.04. The van der Waals surface area contributed by atoms with E-state index in [0.29, 0.717) is 6.42 Å². The van der Waals surface area contributed by atoms with Crippen LogP contribution in [0, 0.1) is 0 Å². The summed E-state index contributed by atoms with van der Waals surface area (Å²) in [5.41, 5.74) is 0. The van der Waals surface area contributed by atoms with Gasteiger partial charge in [0.15, 0.2) is 0 Å². The number of carbonyl (C=O) groups excluding carboxylic acids is 1. The fourth-order valence-electron chi connectivity index (χ4n) is 6.29. The molecule has 0 unspecified atom stereocenters. The van der Waals surface area contributed by atoms with Gasteiger partial charge >= 0.3 is 5.97 Å². The number of hydrogen-bond acceptors (Lipinski definition) is 3. The lowest BCUT2D eigenvalue weighted by Crippen LogP contribution is -2.20. The van der Waals surface area contributed by atoms with E-state index in [0.717, 1.165) is 25.8 Å². The van der Waals surface area contributed by atoms with E-state index in [-0.39, 0.29) is 12.1 Å². The maximum Gasteiger partial charge on any atom is 0.306 e. The predicted octanol–water partition coefficient (Wildman–Crippen LogP) is 14.1. The normalized spacial score (nSPS) is 12.6. The van der Waals surface area contributed by atoms with E-state index < -0.39 is 0 Å². The third-order valence-electron chi connectivity index (χ3n) is 9.36. The van der Waals surface area contributed by atoms with Crippen LogP contribution in [0.1, 0.15) is 219 Å². The quantitative estimate of drug-likeness (QED) is 0.0382. The van der Waals surface area contributed by atoms with Crippen molar-refractivity contribution in [2.45, 2.75) is 225 Å². The minimum absolute atomic E-state index is 0.0148. The summed E-state index contributed by atoms with van der Waals surface area (Å²) in [6.45, 7) is 5.52. The summed E-state index contributed by atoms with van der Waals surface area (Å²) in [6, 6.07) is 0. The lowest BCUT2D eigenvalue weighted by atomic mass is 10.0. The van der Waals surface area contributed by atoms with Crippen molar-refractivity contribution < 1.29 is 9.53 Å². The predicted molar refractivity (Wildman–Crippen MR) is 206 cm³/mol. The Kier molecular flexibility index (Phi) is 37.4. The summed E-state index contributed by atoms with van der Waals surface area (Å²) in [7, 11) is 4.13. The molecule has 0 aromatic carbocycles. The van der Waals surface area contributed by atoms with E-state index in [1.165, 1.54) is 180 Å². The minimum Gasteiger partial charge on any atom is -0.462 e. The Balaban J connectivity index is 3.95. The van der Waals surface area contributed by atoms with Gasteiger partial charge in [-0.3, -0.25) is 4.79 Å². The van der Waals surface area contributed by atoms with Crippen molar-refractivity contribution in [1.29, 1.82) is 0 Å². The lowest BCUT2D eigenvalue weighted by Gasteiger charge is -2.18. The summed E-state index contributed by atoms with van der Waals surface area (Å²) < 4.78 is 6.01. The van der Waals surface area contributed by atoms with Crippen molar-refractivity contribution in [2.75, 3.05) is 20.6 Å². The molecule has 272 valence electrons. The zero-order valence-electron chi connectivity index (χ0n) is 32.0. The topological polar surface area (TPSA) is 29.5 Å². The first kappa shape index (κ1) is 44.9. The molecule has 0 aliphatic rings. The van der Waals surface area contributed by atoms with Gasteiger partial charge in [-0.05, 0) is 104 Å². The molecule has 3 heteroatoms. The first-order chi connectivity index (χ1) is 22.6. The number of hydrogen-bond donors (Lipinski definition) is 0. The molecule has 0 atom stereocenters. The van der Waals surface area contributed by atoms with Gasteiger partial charge in [0.2, 0.25) is 0 Å². The van der Waals surface area contributed by atoms with Gasteiger partial charge in [-0.1, -0.05) is 154 Å². The molecule has 0 aliphatic carbocycles. The van der Waals surface area contributed by atoms with E-state index in [4.69, 9.17) is 4.74 Å². The lowest BCUT2D eigenvalue weighted by molar-refractivity contribution is -0.150. The van der Waals surface area contributed by atoms with E-state index in [9.17, 15) is 4.79 Å². The van der Waals surface area contributed by atoms with Crippen LogP contribution in [-0.4, -0.2) is 37.6 Å². The molecule has 0 heterocycles. The molecule has 0 aromatic rings. The van der Waals surface area contributed by atoms with E-state index >= 15 is 0 Å². The highest BCUT2D eigenvalue weighted by atomic mass is 16.5. The fourth-order valence-corrected chi connectivity index (χ4v) is 6.29. The number of esters is 1. The maximum atomic E-state index is 12.5. The number of ether oxygens (including phenoxy) is 1. The van der Waals surface area contributed by atoms with Gasteiger partial charge in [0.25, 0.3) is 0 Å².